The lowest BCUT2D eigenvalue weighted by Crippen LogP contribution is -1.84. The lowest BCUT2D eigenvalue weighted by molar-refractivity contribution is 0.343. The van der Waals surface area contributed by atoms with Crippen LogP contribution in [0.1, 0.15) is 16.8 Å². The number of benzene rings is 2. The molecule has 0 aliphatic carbocycles. The molecule has 114 valence electrons. The van der Waals surface area contributed by atoms with Crippen LogP contribution in [0.4, 0.5) is 0 Å². The highest BCUT2D eigenvalue weighted by molar-refractivity contribution is 6.31. The van der Waals surface area contributed by atoms with Crippen LogP contribution in [-0.4, -0.2) is 16.7 Å². The zero-order chi connectivity index (χ0) is 16.1. The molecule has 3 heteroatoms. The molecule has 2 nitrogen and oxygen atoms in total. The largest absolute Gasteiger partial charge is 0.392 e. The fourth-order valence-corrected chi connectivity index (χ4v) is 2.53. The Morgan fingerprint density at radius 3 is 2.43 bits per heavy atom. The van der Waals surface area contributed by atoms with Gasteiger partial charge in [0.2, 0.25) is 0 Å². The van der Waals surface area contributed by atoms with E-state index in [2.05, 4.69) is 4.98 Å². The van der Waals surface area contributed by atoms with Gasteiger partial charge in [-0.25, -0.2) is 4.98 Å². The Morgan fingerprint density at radius 1 is 0.913 bits per heavy atom. The summed E-state index contributed by atoms with van der Waals surface area (Å²) in [7, 11) is 0. The Morgan fingerprint density at radius 2 is 1.65 bits per heavy atom. The van der Waals surface area contributed by atoms with Gasteiger partial charge in [0.1, 0.15) is 0 Å². The number of aliphatic hydroxyl groups excluding tert-OH is 1. The molecule has 3 rings (SSSR count). The molecule has 0 atom stereocenters. The lowest BCUT2D eigenvalue weighted by atomic mass is 10.1. The number of fused-ring (bicyclic) bond motifs is 1. The summed E-state index contributed by atoms with van der Waals surface area (Å²) in [6.45, 7) is 0.0328. The van der Waals surface area contributed by atoms with Crippen molar-refractivity contribution in [2.75, 3.05) is 6.61 Å². The van der Waals surface area contributed by atoms with Crippen LogP contribution in [0.5, 0.6) is 0 Å². The molecule has 0 saturated heterocycles. The molecule has 0 bridgehead atoms. The summed E-state index contributed by atoms with van der Waals surface area (Å²) in [5.74, 6) is 0. The summed E-state index contributed by atoms with van der Waals surface area (Å²) in [6.07, 6.45) is 7.64. The van der Waals surface area contributed by atoms with Crippen molar-refractivity contribution < 1.29 is 5.11 Å². The molecule has 23 heavy (non-hydrogen) atoms. The number of nitrogens with zero attached hydrogens (tertiary/aromatic N) is 1. The molecule has 0 aliphatic heterocycles. The van der Waals surface area contributed by atoms with E-state index >= 15 is 0 Å². The zero-order valence-corrected chi connectivity index (χ0v) is 13.2. The van der Waals surface area contributed by atoms with Crippen LogP contribution in [0, 0.1) is 0 Å². The third kappa shape index (κ3) is 3.86. The van der Waals surface area contributed by atoms with Crippen molar-refractivity contribution in [3.05, 3.63) is 82.5 Å². The number of aromatic nitrogens is 1. The summed E-state index contributed by atoms with van der Waals surface area (Å²) in [6, 6.07) is 17.7. The molecule has 0 fully saturated rings. The quantitative estimate of drug-likeness (QED) is 0.728. The zero-order valence-electron chi connectivity index (χ0n) is 12.5. The maximum absolute atomic E-state index is 8.92. The van der Waals surface area contributed by atoms with E-state index in [9.17, 15) is 0 Å². The fourth-order valence-electron chi connectivity index (χ4n) is 2.37. The first-order valence-corrected chi connectivity index (χ1v) is 7.75. The summed E-state index contributed by atoms with van der Waals surface area (Å²) in [5.41, 5.74) is 3.89. The molecular weight excluding hydrogens is 306 g/mol. The Balaban J connectivity index is 1.92. The molecule has 0 amide bonds. The average molecular weight is 322 g/mol. The standard InChI is InChI=1S/C20H16ClNO/c21-18-10-7-17-9-12-19(22-20(17)14-18)11-8-16-5-2-1-4-15(16)6-3-13-23/h1-12,14,23H,13H2. The molecule has 0 aliphatic rings. The molecule has 0 saturated carbocycles. The van der Waals surface area contributed by atoms with Crippen molar-refractivity contribution >= 4 is 40.7 Å². The van der Waals surface area contributed by atoms with E-state index in [1.165, 1.54) is 0 Å². The maximum atomic E-state index is 8.92. The van der Waals surface area contributed by atoms with E-state index in [4.69, 9.17) is 16.7 Å². The van der Waals surface area contributed by atoms with E-state index < -0.39 is 0 Å². The van der Waals surface area contributed by atoms with Crippen LogP contribution in [0.15, 0.2) is 60.7 Å². The van der Waals surface area contributed by atoms with E-state index in [1.54, 1.807) is 6.08 Å². The first kappa shape index (κ1) is 15.5. The second-order valence-electron chi connectivity index (χ2n) is 5.12. The molecule has 1 aromatic heterocycles. The van der Waals surface area contributed by atoms with Crippen LogP contribution in [0.2, 0.25) is 5.02 Å². The number of pyridine rings is 1. The minimum Gasteiger partial charge on any atom is -0.392 e. The summed E-state index contributed by atoms with van der Waals surface area (Å²) >= 11 is 6.03. The topological polar surface area (TPSA) is 33.1 Å². The minimum atomic E-state index is 0.0328. The van der Waals surface area contributed by atoms with Gasteiger partial charge in [0.05, 0.1) is 17.8 Å². The van der Waals surface area contributed by atoms with Crippen LogP contribution >= 0.6 is 11.6 Å². The van der Waals surface area contributed by atoms with E-state index in [-0.39, 0.29) is 6.61 Å². The summed E-state index contributed by atoms with van der Waals surface area (Å²) in [5, 5.41) is 10.7. The molecular formula is C20H16ClNO. The van der Waals surface area contributed by atoms with Crippen molar-refractivity contribution in [2.24, 2.45) is 0 Å². The van der Waals surface area contributed by atoms with E-state index in [1.807, 2.05) is 72.8 Å². The first-order valence-electron chi connectivity index (χ1n) is 7.37. The van der Waals surface area contributed by atoms with Gasteiger partial charge in [-0.05, 0) is 35.4 Å². The van der Waals surface area contributed by atoms with E-state index in [0.717, 1.165) is 27.7 Å². The molecule has 0 unspecified atom stereocenters. The van der Waals surface area contributed by atoms with Crippen LogP contribution in [-0.2, 0) is 0 Å². The van der Waals surface area contributed by atoms with Gasteiger partial charge in [-0.1, -0.05) is 66.2 Å². The van der Waals surface area contributed by atoms with Crippen molar-refractivity contribution in [1.82, 2.24) is 4.98 Å². The van der Waals surface area contributed by atoms with Crippen LogP contribution in [0.3, 0.4) is 0 Å². The molecule has 1 N–H and O–H groups in total. The SMILES string of the molecule is OCC=Cc1ccccc1C=Cc1ccc2ccc(Cl)cc2n1. The highest BCUT2D eigenvalue weighted by atomic mass is 35.5. The van der Waals surface area contributed by atoms with Gasteiger partial charge in [-0.3, -0.25) is 0 Å². The molecule has 2 aromatic carbocycles. The number of hydrogen-bond acceptors (Lipinski definition) is 2. The van der Waals surface area contributed by atoms with Gasteiger partial charge in [0.15, 0.2) is 0 Å². The van der Waals surface area contributed by atoms with Crippen molar-refractivity contribution in [1.29, 1.82) is 0 Å². The smallest absolute Gasteiger partial charge is 0.0724 e. The van der Waals surface area contributed by atoms with Crippen molar-refractivity contribution in [3.8, 4) is 0 Å². The lowest BCUT2D eigenvalue weighted by Gasteiger charge is -2.02. The van der Waals surface area contributed by atoms with Gasteiger partial charge < -0.3 is 5.11 Å². The minimum absolute atomic E-state index is 0.0328. The fraction of sp³-hybridized carbons (Fsp3) is 0.0500. The summed E-state index contributed by atoms with van der Waals surface area (Å²) in [4.78, 5) is 4.61. The van der Waals surface area contributed by atoms with Gasteiger partial charge >= 0.3 is 0 Å². The molecule has 0 radical (unpaired) electrons. The Kier molecular flexibility index (Phi) is 4.86. The van der Waals surface area contributed by atoms with Gasteiger partial charge in [0.25, 0.3) is 0 Å². The predicted molar refractivity (Wildman–Crippen MR) is 98.2 cm³/mol. The van der Waals surface area contributed by atoms with Crippen molar-refractivity contribution in [2.45, 2.75) is 0 Å². The number of aliphatic hydroxyl groups is 1. The normalized spacial score (nSPS) is 11.7. The summed E-state index contributed by atoms with van der Waals surface area (Å²) < 4.78 is 0. The molecule has 1 heterocycles. The Hall–Kier alpha value is -2.42. The van der Waals surface area contributed by atoms with Crippen LogP contribution < -0.4 is 0 Å². The van der Waals surface area contributed by atoms with Gasteiger partial charge in [-0.15, -0.1) is 0 Å². The second kappa shape index (κ2) is 7.23. The average Bonchev–Trinajstić information content (AvgIpc) is 2.58. The molecule has 0 spiro atoms. The Labute approximate surface area is 140 Å². The third-order valence-electron chi connectivity index (χ3n) is 3.51. The highest BCUT2D eigenvalue weighted by Gasteiger charge is 1.98. The Bertz CT molecular complexity index is 884. The predicted octanol–water partition coefficient (Wildman–Crippen LogP) is 5.06. The van der Waals surface area contributed by atoms with Crippen molar-refractivity contribution in [3.63, 3.8) is 0 Å². The number of halogens is 1. The van der Waals surface area contributed by atoms with Crippen LogP contribution in [0.25, 0.3) is 29.1 Å². The van der Waals surface area contributed by atoms with Gasteiger partial charge in [-0.2, -0.15) is 0 Å². The second-order valence-corrected chi connectivity index (χ2v) is 5.56. The molecule has 3 aromatic rings. The van der Waals surface area contributed by atoms with Gasteiger partial charge in [0, 0.05) is 10.4 Å². The first-order chi connectivity index (χ1) is 11.3. The number of hydrogen-bond donors (Lipinski definition) is 1. The number of rotatable bonds is 4. The highest BCUT2D eigenvalue weighted by Crippen LogP contribution is 2.19. The monoisotopic (exact) mass is 321 g/mol. The maximum Gasteiger partial charge on any atom is 0.0724 e. The van der Waals surface area contributed by atoms with E-state index in [0.29, 0.717) is 5.02 Å². The third-order valence-corrected chi connectivity index (χ3v) is 3.74.